The molecule has 2 N–H and O–H groups in total. The zero-order chi connectivity index (χ0) is 15.6. The number of alkyl halides is 3. The molecular formula is C13H24F3NO3. The van der Waals surface area contributed by atoms with Gasteiger partial charge in [0.1, 0.15) is 5.54 Å². The van der Waals surface area contributed by atoms with Crippen molar-refractivity contribution >= 4 is 5.97 Å². The minimum atomic E-state index is -4.19. The molecule has 4 nitrogen and oxygen atoms in total. The topological polar surface area (TPSA) is 58.6 Å². The van der Waals surface area contributed by atoms with Gasteiger partial charge in [-0.3, -0.25) is 4.79 Å². The summed E-state index contributed by atoms with van der Waals surface area (Å²) in [5.74, 6) is -0.913. The van der Waals surface area contributed by atoms with E-state index in [1.807, 2.05) is 6.92 Å². The van der Waals surface area contributed by atoms with Gasteiger partial charge in [-0.05, 0) is 39.2 Å². The number of halogens is 3. The van der Waals surface area contributed by atoms with E-state index in [0.717, 1.165) is 6.42 Å². The standard InChI is InChI=1S/C13H24F3NO3/c1-3-8-17-12(2,11(18)19)6-4-5-9-20-10-7-13(14,15)16/h17H,3-10H2,1-2H3,(H,18,19). The van der Waals surface area contributed by atoms with E-state index in [1.165, 1.54) is 0 Å². The Morgan fingerprint density at radius 3 is 2.35 bits per heavy atom. The van der Waals surface area contributed by atoms with Gasteiger partial charge in [0.15, 0.2) is 0 Å². The molecule has 0 aromatic heterocycles. The Bertz CT molecular complexity index is 285. The van der Waals surface area contributed by atoms with Crippen LogP contribution in [-0.4, -0.2) is 42.5 Å². The van der Waals surface area contributed by atoms with Crippen LogP contribution in [0, 0.1) is 0 Å². The van der Waals surface area contributed by atoms with Crippen LogP contribution in [0.3, 0.4) is 0 Å². The second-order valence-corrected chi connectivity index (χ2v) is 5.00. The molecule has 0 bridgehead atoms. The molecule has 0 fully saturated rings. The third-order valence-corrected chi connectivity index (χ3v) is 2.98. The fourth-order valence-electron chi connectivity index (χ4n) is 1.64. The summed E-state index contributed by atoms with van der Waals surface area (Å²) in [6, 6.07) is 0. The lowest BCUT2D eigenvalue weighted by Crippen LogP contribution is -2.49. The summed E-state index contributed by atoms with van der Waals surface area (Å²) < 4.78 is 40.4. The Balaban J connectivity index is 3.77. The van der Waals surface area contributed by atoms with Crippen LogP contribution in [0.1, 0.15) is 46.0 Å². The van der Waals surface area contributed by atoms with Crippen molar-refractivity contribution in [2.24, 2.45) is 0 Å². The van der Waals surface area contributed by atoms with Crippen LogP contribution in [0.5, 0.6) is 0 Å². The van der Waals surface area contributed by atoms with Gasteiger partial charge in [-0.25, -0.2) is 0 Å². The van der Waals surface area contributed by atoms with Crippen molar-refractivity contribution in [3.8, 4) is 0 Å². The number of aliphatic carboxylic acids is 1. The van der Waals surface area contributed by atoms with Gasteiger partial charge >= 0.3 is 12.1 Å². The van der Waals surface area contributed by atoms with E-state index >= 15 is 0 Å². The molecule has 0 aromatic carbocycles. The minimum absolute atomic E-state index is 0.222. The zero-order valence-electron chi connectivity index (χ0n) is 12.1. The Morgan fingerprint density at radius 2 is 1.85 bits per heavy atom. The largest absolute Gasteiger partial charge is 0.480 e. The zero-order valence-corrected chi connectivity index (χ0v) is 12.1. The summed E-state index contributed by atoms with van der Waals surface area (Å²) in [4.78, 5) is 11.2. The predicted molar refractivity (Wildman–Crippen MR) is 69.7 cm³/mol. The first-order valence-electron chi connectivity index (χ1n) is 6.84. The molecule has 0 saturated carbocycles. The molecule has 0 aliphatic heterocycles. The number of carbonyl (C=O) groups is 1. The molecule has 1 unspecified atom stereocenters. The quantitative estimate of drug-likeness (QED) is 0.576. The molecule has 0 aliphatic rings. The number of rotatable bonds is 11. The van der Waals surface area contributed by atoms with E-state index in [9.17, 15) is 23.1 Å². The SMILES string of the molecule is CCCNC(C)(CCCCOCCC(F)(F)F)C(=O)O. The van der Waals surface area contributed by atoms with Crippen LogP contribution in [-0.2, 0) is 9.53 Å². The second-order valence-electron chi connectivity index (χ2n) is 5.00. The summed E-state index contributed by atoms with van der Waals surface area (Å²) in [6.07, 6.45) is -2.74. The van der Waals surface area contributed by atoms with E-state index in [4.69, 9.17) is 4.74 Å². The number of unbranched alkanes of at least 4 members (excludes halogenated alkanes) is 1. The van der Waals surface area contributed by atoms with Gasteiger partial charge in [-0.15, -0.1) is 0 Å². The minimum Gasteiger partial charge on any atom is -0.480 e. The molecule has 0 heterocycles. The number of carboxylic acid groups (broad SMARTS) is 1. The lowest BCUT2D eigenvalue weighted by molar-refractivity contribution is -0.146. The van der Waals surface area contributed by atoms with E-state index in [1.54, 1.807) is 6.92 Å². The van der Waals surface area contributed by atoms with Crippen molar-refractivity contribution in [3.63, 3.8) is 0 Å². The molecule has 120 valence electrons. The highest BCUT2D eigenvalue weighted by Crippen LogP contribution is 2.19. The maximum Gasteiger partial charge on any atom is 0.391 e. The van der Waals surface area contributed by atoms with Crippen LogP contribution in [0.15, 0.2) is 0 Å². The molecular weight excluding hydrogens is 275 g/mol. The van der Waals surface area contributed by atoms with Crippen molar-refractivity contribution < 1.29 is 27.8 Å². The highest BCUT2D eigenvalue weighted by atomic mass is 19.4. The summed E-state index contributed by atoms with van der Waals surface area (Å²) >= 11 is 0. The van der Waals surface area contributed by atoms with Gasteiger partial charge < -0.3 is 15.2 Å². The molecule has 0 amide bonds. The molecule has 0 spiro atoms. The Hall–Kier alpha value is -0.820. The summed E-state index contributed by atoms with van der Waals surface area (Å²) in [6.45, 7) is 4.07. The fourth-order valence-corrected chi connectivity index (χ4v) is 1.64. The third-order valence-electron chi connectivity index (χ3n) is 2.98. The highest BCUT2D eigenvalue weighted by molar-refractivity contribution is 5.78. The maximum absolute atomic E-state index is 11.8. The summed E-state index contributed by atoms with van der Waals surface area (Å²) in [7, 11) is 0. The Labute approximate surface area is 117 Å². The molecule has 0 aromatic rings. The van der Waals surface area contributed by atoms with Crippen molar-refractivity contribution in [1.82, 2.24) is 5.32 Å². The van der Waals surface area contributed by atoms with Crippen molar-refractivity contribution in [2.45, 2.75) is 57.7 Å². The van der Waals surface area contributed by atoms with Crippen molar-refractivity contribution in [1.29, 1.82) is 0 Å². The molecule has 1 atom stereocenters. The molecule has 0 saturated heterocycles. The molecule has 0 aliphatic carbocycles. The molecule has 0 radical (unpaired) electrons. The van der Waals surface area contributed by atoms with Gasteiger partial charge in [0, 0.05) is 6.61 Å². The first kappa shape index (κ1) is 19.2. The lowest BCUT2D eigenvalue weighted by Gasteiger charge is -2.26. The maximum atomic E-state index is 11.8. The van der Waals surface area contributed by atoms with E-state index in [-0.39, 0.29) is 13.2 Å². The van der Waals surface area contributed by atoms with E-state index in [0.29, 0.717) is 25.8 Å². The number of hydrogen-bond acceptors (Lipinski definition) is 3. The normalized spacial score (nSPS) is 15.1. The van der Waals surface area contributed by atoms with Gasteiger partial charge in [0.25, 0.3) is 0 Å². The average molecular weight is 299 g/mol. The van der Waals surface area contributed by atoms with Crippen LogP contribution >= 0.6 is 0 Å². The van der Waals surface area contributed by atoms with Crippen LogP contribution in [0.2, 0.25) is 0 Å². The number of carboxylic acids is 1. The Kier molecular flexibility index (Phi) is 8.80. The number of hydrogen-bond donors (Lipinski definition) is 2. The first-order valence-corrected chi connectivity index (χ1v) is 6.84. The number of ether oxygens (including phenoxy) is 1. The molecule has 7 heteroatoms. The average Bonchev–Trinajstić information content (AvgIpc) is 2.33. The lowest BCUT2D eigenvalue weighted by atomic mass is 9.95. The second kappa shape index (κ2) is 9.18. The van der Waals surface area contributed by atoms with Crippen molar-refractivity contribution in [3.05, 3.63) is 0 Å². The van der Waals surface area contributed by atoms with E-state index in [2.05, 4.69) is 5.32 Å². The van der Waals surface area contributed by atoms with Crippen molar-refractivity contribution in [2.75, 3.05) is 19.8 Å². The number of nitrogens with one attached hydrogen (secondary N) is 1. The van der Waals surface area contributed by atoms with Crippen LogP contribution in [0.25, 0.3) is 0 Å². The summed E-state index contributed by atoms with van der Waals surface area (Å²) in [5.41, 5.74) is -0.984. The predicted octanol–water partition coefficient (Wildman–Crippen LogP) is 2.97. The van der Waals surface area contributed by atoms with Gasteiger partial charge in [0.05, 0.1) is 13.0 Å². The van der Waals surface area contributed by atoms with Gasteiger partial charge in [-0.1, -0.05) is 6.92 Å². The Morgan fingerprint density at radius 1 is 1.20 bits per heavy atom. The van der Waals surface area contributed by atoms with E-state index < -0.39 is 24.1 Å². The van der Waals surface area contributed by atoms with Crippen LogP contribution in [0.4, 0.5) is 13.2 Å². The van der Waals surface area contributed by atoms with Gasteiger partial charge in [-0.2, -0.15) is 13.2 Å². The smallest absolute Gasteiger partial charge is 0.391 e. The first-order chi connectivity index (χ1) is 9.21. The summed E-state index contributed by atoms with van der Waals surface area (Å²) in [5, 5.41) is 12.1. The van der Waals surface area contributed by atoms with Crippen LogP contribution < -0.4 is 5.32 Å². The third kappa shape index (κ3) is 9.14. The molecule has 20 heavy (non-hydrogen) atoms. The fraction of sp³-hybridized carbons (Fsp3) is 0.923. The molecule has 0 rings (SSSR count). The van der Waals surface area contributed by atoms with Gasteiger partial charge in [0.2, 0.25) is 0 Å². The highest BCUT2D eigenvalue weighted by Gasteiger charge is 2.31. The monoisotopic (exact) mass is 299 g/mol.